The molecule has 9 heteroatoms. The first-order valence-electron chi connectivity index (χ1n) is 8.44. The number of methoxy groups -OCH3 is 1. The number of alkyl halides is 3. The molecule has 0 saturated heterocycles. The van der Waals surface area contributed by atoms with Gasteiger partial charge in [0.15, 0.2) is 0 Å². The number of amides is 1. The molecule has 0 atom stereocenters. The summed E-state index contributed by atoms with van der Waals surface area (Å²) in [5.41, 5.74) is -0.201. The summed E-state index contributed by atoms with van der Waals surface area (Å²) in [6.07, 6.45) is -3.26. The van der Waals surface area contributed by atoms with Crippen molar-refractivity contribution >= 4 is 11.6 Å². The molecule has 0 aliphatic heterocycles. The van der Waals surface area contributed by atoms with Gasteiger partial charge in [0.2, 0.25) is 5.91 Å². The zero-order valence-corrected chi connectivity index (χ0v) is 15.2. The highest BCUT2D eigenvalue weighted by Gasteiger charge is 2.30. The molecule has 29 heavy (non-hydrogen) atoms. The number of aromatic nitrogens is 2. The van der Waals surface area contributed by atoms with E-state index in [1.165, 1.54) is 31.6 Å². The van der Waals surface area contributed by atoms with Crippen molar-refractivity contribution in [1.29, 1.82) is 0 Å². The Morgan fingerprint density at radius 1 is 1.14 bits per heavy atom. The van der Waals surface area contributed by atoms with E-state index in [0.717, 1.165) is 16.7 Å². The zero-order chi connectivity index (χ0) is 21.0. The van der Waals surface area contributed by atoms with Gasteiger partial charge >= 0.3 is 6.18 Å². The van der Waals surface area contributed by atoms with Crippen LogP contribution in [0.15, 0.2) is 65.7 Å². The maximum absolute atomic E-state index is 12.6. The first-order valence-corrected chi connectivity index (χ1v) is 8.44. The minimum absolute atomic E-state index is 0.216. The van der Waals surface area contributed by atoms with Gasteiger partial charge in [-0.3, -0.25) is 14.2 Å². The third-order valence-electron chi connectivity index (χ3n) is 4.05. The van der Waals surface area contributed by atoms with E-state index >= 15 is 0 Å². The minimum Gasteiger partial charge on any atom is -0.497 e. The smallest absolute Gasteiger partial charge is 0.416 e. The Morgan fingerprint density at radius 2 is 1.86 bits per heavy atom. The first kappa shape index (κ1) is 20.1. The highest BCUT2D eigenvalue weighted by molar-refractivity contribution is 5.90. The Balaban J connectivity index is 1.72. The van der Waals surface area contributed by atoms with Crippen LogP contribution >= 0.6 is 0 Å². The first-order chi connectivity index (χ1) is 13.8. The molecule has 2 aromatic carbocycles. The lowest BCUT2D eigenvalue weighted by Gasteiger charge is -2.10. The van der Waals surface area contributed by atoms with Crippen molar-refractivity contribution in [3.63, 3.8) is 0 Å². The van der Waals surface area contributed by atoms with Crippen molar-refractivity contribution in [3.8, 4) is 17.0 Å². The molecule has 0 bridgehead atoms. The number of anilines is 1. The van der Waals surface area contributed by atoms with E-state index in [4.69, 9.17) is 4.74 Å². The van der Waals surface area contributed by atoms with E-state index in [2.05, 4.69) is 10.3 Å². The van der Waals surface area contributed by atoms with Crippen LogP contribution in [0.25, 0.3) is 11.3 Å². The van der Waals surface area contributed by atoms with Crippen molar-refractivity contribution in [2.75, 3.05) is 12.4 Å². The number of carbonyl (C=O) groups is 1. The highest BCUT2D eigenvalue weighted by atomic mass is 19.4. The topological polar surface area (TPSA) is 73.2 Å². The monoisotopic (exact) mass is 403 g/mol. The van der Waals surface area contributed by atoms with Crippen molar-refractivity contribution in [2.24, 2.45) is 0 Å². The van der Waals surface area contributed by atoms with Gasteiger partial charge in [-0.2, -0.15) is 13.2 Å². The molecule has 3 aromatic rings. The average molecular weight is 403 g/mol. The second-order valence-electron chi connectivity index (χ2n) is 6.10. The Morgan fingerprint density at radius 3 is 2.48 bits per heavy atom. The lowest BCUT2D eigenvalue weighted by atomic mass is 10.1. The number of ether oxygens (including phenoxy) is 1. The molecule has 1 N–H and O–H groups in total. The van der Waals surface area contributed by atoms with Gasteiger partial charge in [-0.25, -0.2) is 4.98 Å². The van der Waals surface area contributed by atoms with E-state index in [1.54, 1.807) is 24.3 Å². The molecule has 150 valence electrons. The van der Waals surface area contributed by atoms with Crippen LogP contribution < -0.4 is 15.6 Å². The molecule has 0 aliphatic rings. The summed E-state index contributed by atoms with van der Waals surface area (Å²) in [7, 11) is 1.50. The highest BCUT2D eigenvalue weighted by Crippen LogP contribution is 2.30. The molecule has 1 amide bonds. The quantitative estimate of drug-likeness (QED) is 0.707. The van der Waals surface area contributed by atoms with Crippen LogP contribution in [0, 0.1) is 0 Å². The standard InChI is InChI=1S/C20H16F3N3O3/c1-29-16-4-2-3-15(9-16)25-18(27)11-26-12-24-17(10-19(26)28)13-5-7-14(8-6-13)20(21,22)23/h2-10,12H,11H2,1H3,(H,25,27). The lowest BCUT2D eigenvalue weighted by Crippen LogP contribution is -2.27. The van der Waals surface area contributed by atoms with Gasteiger partial charge in [0.1, 0.15) is 12.3 Å². The van der Waals surface area contributed by atoms with Crippen molar-refractivity contribution in [2.45, 2.75) is 12.7 Å². The molecule has 0 spiro atoms. The fourth-order valence-electron chi connectivity index (χ4n) is 2.59. The Bertz CT molecular complexity index is 1080. The second-order valence-corrected chi connectivity index (χ2v) is 6.10. The van der Waals surface area contributed by atoms with E-state index in [0.29, 0.717) is 17.0 Å². The fourth-order valence-corrected chi connectivity index (χ4v) is 2.59. The largest absolute Gasteiger partial charge is 0.497 e. The van der Waals surface area contributed by atoms with Crippen molar-refractivity contribution in [3.05, 3.63) is 76.8 Å². The van der Waals surface area contributed by atoms with Gasteiger partial charge in [-0.1, -0.05) is 18.2 Å². The van der Waals surface area contributed by atoms with Gasteiger partial charge in [0, 0.05) is 23.4 Å². The molecule has 3 rings (SSSR count). The van der Waals surface area contributed by atoms with Gasteiger partial charge in [-0.15, -0.1) is 0 Å². The predicted molar refractivity (Wildman–Crippen MR) is 101 cm³/mol. The van der Waals surface area contributed by atoms with Crippen LogP contribution in [0.4, 0.5) is 18.9 Å². The molecule has 0 unspecified atom stereocenters. The van der Waals surface area contributed by atoms with Crippen molar-refractivity contribution < 1.29 is 22.7 Å². The Hall–Kier alpha value is -3.62. The van der Waals surface area contributed by atoms with Crippen molar-refractivity contribution in [1.82, 2.24) is 9.55 Å². The fraction of sp³-hybridized carbons (Fsp3) is 0.150. The third kappa shape index (κ3) is 5.01. The second kappa shape index (κ2) is 8.17. The number of hydrogen-bond acceptors (Lipinski definition) is 4. The Labute approximate surface area is 163 Å². The number of hydrogen-bond donors (Lipinski definition) is 1. The van der Waals surface area contributed by atoms with Crippen LogP contribution in [-0.4, -0.2) is 22.6 Å². The summed E-state index contributed by atoms with van der Waals surface area (Å²) < 4.78 is 44.1. The SMILES string of the molecule is COc1cccc(NC(=O)Cn2cnc(-c3ccc(C(F)(F)F)cc3)cc2=O)c1. The van der Waals surface area contributed by atoms with Gasteiger partial charge in [-0.05, 0) is 24.3 Å². The number of nitrogens with one attached hydrogen (secondary N) is 1. The summed E-state index contributed by atoms with van der Waals surface area (Å²) in [4.78, 5) is 28.5. The number of halogens is 3. The lowest BCUT2D eigenvalue weighted by molar-refractivity contribution is -0.137. The van der Waals surface area contributed by atoms with Crippen LogP contribution in [-0.2, 0) is 17.5 Å². The normalized spacial score (nSPS) is 11.2. The molecular weight excluding hydrogens is 387 g/mol. The summed E-state index contributed by atoms with van der Waals surface area (Å²) in [5.74, 6) is 0.131. The van der Waals surface area contributed by atoms with Gasteiger partial charge < -0.3 is 10.1 Å². The van der Waals surface area contributed by atoms with Gasteiger partial charge in [0.25, 0.3) is 5.56 Å². The number of carbonyl (C=O) groups excluding carboxylic acids is 1. The van der Waals surface area contributed by atoms with Crippen LogP contribution in [0.2, 0.25) is 0 Å². The summed E-state index contributed by atoms with van der Waals surface area (Å²) >= 11 is 0. The van der Waals surface area contributed by atoms with Crippen LogP contribution in [0.5, 0.6) is 5.75 Å². The van der Waals surface area contributed by atoms with E-state index in [1.807, 2.05) is 0 Å². The van der Waals surface area contributed by atoms with Crippen LogP contribution in [0.1, 0.15) is 5.56 Å². The summed E-state index contributed by atoms with van der Waals surface area (Å²) in [5, 5.41) is 2.65. The molecular formula is C20H16F3N3O3. The summed E-state index contributed by atoms with van der Waals surface area (Å²) in [6.45, 7) is -0.268. The molecule has 0 aliphatic carbocycles. The van der Waals surface area contributed by atoms with E-state index < -0.39 is 23.2 Å². The maximum atomic E-state index is 12.6. The maximum Gasteiger partial charge on any atom is 0.416 e. The molecule has 0 saturated carbocycles. The molecule has 0 radical (unpaired) electrons. The zero-order valence-electron chi connectivity index (χ0n) is 15.2. The Kier molecular flexibility index (Phi) is 5.67. The van der Waals surface area contributed by atoms with E-state index in [-0.39, 0.29) is 12.2 Å². The summed E-state index contributed by atoms with van der Waals surface area (Å²) in [6, 6.07) is 12.2. The minimum atomic E-state index is -4.44. The third-order valence-corrected chi connectivity index (χ3v) is 4.05. The number of rotatable bonds is 5. The average Bonchev–Trinajstić information content (AvgIpc) is 2.69. The molecule has 1 heterocycles. The predicted octanol–water partition coefficient (Wildman–Crippen LogP) is 3.58. The van der Waals surface area contributed by atoms with E-state index in [9.17, 15) is 22.8 Å². The number of nitrogens with zero attached hydrogens (tertiary/aromatic N) is 2. The van der Waals surface area contributed by atoms with Gasteiger partial charge in [0.05, 0.1) is 24.7 Å². The number of benzene rings is 2. The van der Waals surface area contributed by atoms with Crippen LogP contribution in [0.3, 0.4) is 0 Å². The molecule has 0 fully saturated rings. The molecule has 1 aromatic heterocycles. The molecule has 6 nitrogen and oxygen atoms in total.